The number of fused-ring (bicyclic) bond motifs is 1. The Morgan fingerprint density at radius 2 is 1.85 bits per heavy atom. The summed E-state index contributed by atoms with van der Waals surface area (Å²) in [4.78, 5) is 16.4. The largest absolute Gasteiger partial charge is 0.486 e. The van der Waals surface area contributed by atoms with Gasteiger partial charge in [-0.05, 0) is 49.9 Å². The van der Waals surface area contributed by atoms with Crippen LogP contribution in [-0.2, 0) is 20.1 Å². The summed E-state index contributed by atoms with van der Waals surface area (Å²) in [6.45, 7) is 8.34. The summed E-state index contributed by atoms with van der Waals surface area (Å²) in [6, 6.07) is 7.83. The first-order valence-corrected chi connectivity index (χ1v) is 8.75. The monoisotopic (exact) mass is 352 g/mol. The van der Waals surface area contributed by atoms with E-state index < -0.39 is 5.97 Å². The van der Waals surface area contributed by atoms with Crippen molar-refractivity contribution < 1.29 is 14.6 Å². The zero-order valence-electron chi connectivity index (χ0n) is 15.9. The molecule has 5 nitrogen and oxygen atoms in total. The molecule has 26 heavy (non-hydrogen) atoms. The van der Waals surface area contributed by atoms with Crippen LogP contribution in [-0.4, -0.2) is 20.6 Å². The van der Waals surface area contributed by atoms with Crippen LogP contribution in [0.3, 0.4) is 0 Å². The van der Waals surface area contributed by atoms with E-state index in [0.29, 0.717) is 24.3 Å². The Morgan fingerprint density at radius 1 is 1.19 bits per heavy atom. The van der Waals surface area contributed by atoms with Crippen molar-refractivity contribution in [1.82, 2.24) is 9.55 Å². The number of carboxylic acids is 1. The van der Waals surface area contributed by atoms with Crippen molar-refractivity contribution in [3.8, 4) is 5.75 Å². The van der Waals surface area contributed by atoms with Crippen molar-refractivity contribution in [2.75, 3.05) is 0 Å². The van der Waals surface area contributed by atoms with E-state index in [-0.39, 0.29) is 5.56 Å². The van der Waals surface area contributed by atoms with Gasteiger partial charge in [-0.2, -0.15) is 0 Å². The standard InChI is InChI=1S/C21H24N2O3/c1-6-15-16(21(24)25)10-18-19(22-14(4)23(18)5)20(15)26-11-17-12(2)8-7-9-13(17)3/h7-10H,6,11H2,1-5H3,(H,24,25). The molecule has 3 rings (SSSR count). The fourth-order valence-electron chi connectivity index (χ4n) is 3.37. The zero-order chi connectivity index (χ0) is 19.0. The van der Waals surface area contributed by atoms with E-state index in [9.17, 15) is 9.90 Å². The first-order chi connectivity index (χ1) is 12.3. The highest BCUT2D eigenvalue weighted by molar-refractivity contribution is 5.97. The molecule has 0 saturated carbocycles. The van der Waals surface area contributed by atoms with Crippen LogP contribution >= 0.6 is 0 Å². The summed E-state index contributed by atoms with van der Waals surface area (Å²) in [7, 11) is 1.89. The Balaban J connectivity index is 2.17. The van der Waals surface area contributed by atoms with Crippen molar-refractivity contribution >= 4 is 17.0 Å². The number of ether oxygens (including phenoxy) is 1. The molecule has 0 unspecified atom stereocenters. The van der Waals surface area contributed by atoms with E-state index in [2.05, 4.69) is 31.0 Å². The van der Waals surface area contributed by atoms with Crippen LogP contribution in [0.4, 0.5) is 0 Å². The summed E-state index contributed by atoms with van der Waals surface area (Å²) >= 11 is 0. The molecule has 0 spiro atoms. The number of nitrogens with zero attached hydrogens (tertiary/aromatic N) is 2. The van der Waals surface area contributed by atoms with Gasteiger partial charge in [-0.1, -0.05) is 25.1 Å². The maximum absolute atomic E-state index is 11.8. The van der Waals surface area contributed by atoms with Gasteiger partial charge in [0.2, 0.25) is 0 Å². The van der Waals surface area contributed by atoms with Gasteiger partial charge in [0.15, 0.2) is 5.75 Å². The molecule has 0 aliphatic rings. The third kappa shape index (κ3) is 2.94. The minimum Gasteiger partial charge on any atom is -0.486 e. The SMILES string of the molecule is CCc1c(C(=O)O)cc2c(nc(C)n2C)c1OCc1c(C)cccc1C. The van der Waals surface area contributed by atoms with Crippen LogP contribution in [0.15, 0.2) is 24.3 Å². The molecule has 0 radical (unpaired) electrons. The lowest BCUT2D eigenvalue weighted by atomic mass is 10.0. The van der Waals surface area contributed by atoms with Gasteiger partial charge in [-0.15, -0.1) is 0 Å². The lowest BCUT2D eigenvalue weighted by Gasteiger charge is -2.16. The number of benzene rings is 2. The Kier molecular flexibility index (Phi) is 4.72. The molecular weight excluding hydrogens is 328 g/mol. The average molecular weight is 352 g/mol. The van der Waals surface area contributed by atoms with E-state index in [0.717, 1.165) is 33.5 Å². The molecule has 3 aromatic rings. The lowest BCUT2D eigenvalue weighted by Crippen LogP contribution is -2.08. The highest BCUT2D eigenvalue weighted by Crippen LogP contribution is 2.34. The molecule has 0 saturated heterocycles. The van der Waals surface area contributed by atoms with Crippen molar-refractivity contribution in [1.29, 1.82) is 0 Å². The smallest absolute Gasteiger partial charge is 0.336 e. The molecular formula is C21H24N2O3. The average Bonchev–Trinajstić information content (AvgIpc) is 2.88. The fraction of sp³-hybridized carbons (Fsp3) is 0.333. The van der Waals surface area contributed by atoms with Crippen LogP contribution < -0.4 is 4.74 Å². The third-order valence-electron chi connectivity index (χ3n) is 5.05. The fourth-order valence-corrected chi connectivity index (χ4v) is 3.37. The maximum atomic E-state index is 11.8. The summed E-state index contributed by atoms with van der Waals surface area (Å²) in [6.07, 6.45) is 0.565. The molecule has 0 atom stereocenters. The molecule has 0 amide bonds. The second-order valence-electron chi connectivity index (χ2n) is 6.64. The minimum atomic E-state index is -0.945. The van der Waals surface area contributed by atoms with Gasteiger partial charge >= 0.3 is 5.97 Å². The van der Waals surface area contributed by atoms with Gasteiger partial charge in [-0.3, -0.25) is 0 Å². The third-order valence-corrected chi connectivity index (χ3v) is 5.05. The summed E-state index contributed by atoms with van der Waals surface area (Å²) < 4.78 is 8.10. The predicted octanol–water partition coefficient (Wildman–Crippen LogP) is 4.34. The summed E-state index contributed by atoms with van der Waals surface area (Å²) in [5, 5.41) is 9.67. The molecule has 2 aromatic carbocycles. The highest BCUT2D eigenvalue weighted by Gasteiger charge is 2.22. The Bertz CT molecular complexity index is 982. The number of aryl methyl sites for hydroxylation is 4. The van der Waals surface area contributed by atoms with Gasteiger partial charge < -0.3 is 14.4 Å². The maximum Gasteiger partial charge on any atom is 0.336 e. The minimum absolute atomic E-state index is 0.277. The Labute approximate surface area is 153 Å². The van der Waals surface area contributed by atoms with E-state index >= 15 is 0 Å². The summed E-state index contributed by atoms with van der Waals surface area (Å²) in [5.74, 6) is 0.454. The molecule has 0 fully saturated rings. The van der Waals surface area contributed by atoms with Crippen molar-refractivity contribution in [3.63, 3.8) is 0 Å². The molecule has 1 heterocycles. The number of rotatable bonds is 5. The number of aromatic carboxylic acids is 1. The topological polar surface area (TPSA) is 64.3 Å². The van der Waals surface area contributed by atoms with Crippen LogP contribution in [0.1, 0.15) is 45.4 Å². The second-order valence-corrected chi connectivity index (χ2v) is 6.64. The summed E-state index contributed by atoms with van der Waals surface area (Å²) in [5.41, 5.74) is 5.90. The van der Waals surface area contributed by atoms with Gasteiger partial charge in [-0.25, -0.2) is 9.78 Å². The Morgan fingerprint density at radius 3 is 2.42 bits per heavy atom. The lowest BCUT2D eigenvalue weighted by molar-refractivity contribution is 0.0695. The van der Waals surface area contributed by atoms with Gasteiger partial charge in [0.25, 0.3) is 0 Å². The van der Waals surface area contributed by atoms with Crippen LogP contribution in [0.5, 0.6) is 5.75 Å². The zero-order valence-corrected chi connectivity index (χ0v) is 15.9. The van der Waals surface area contributed by atoms with Gasteiger partial charge in [0.1, 0.15) is 17.9 Å². The van der Waals surface area contributed by atoms with Gasteiger partial charge in [0.05, 0.1) is 11.1 Å². The van der Waals surface area contributed by atoms with E-state index in [1.54, 1.807) is 6.07 Å². The van der Waals surface area contributed by atoms with Gasteiger partial charge in [0, 0.05) is 12.6 Å². The molecule has 1 N–H and O–H groups in total. The second kappa shape index (κ2) is 6.83. The normalized spacial score (nSPS) is 11.1. The highest BCUT2D eigenvalue weighted by atomic mass is 16.5. The molecule has 136 valence electrons. The van der Waals surface area contributed by atoms with Crippen molar-refractivity contribution in [2.45, 2.75) is 40.7 Å². The van der Waals surface area contributed by atoms with Crippen molar-refractivity contribution in [2.24, 2.45) is 7.05 Å². The molecule has 0 bridgehead atoms. The number of hydrogen-bond acceptors (Lipinski definition) is 3. The molecule has 0 aliphatic heterocycles. The first-order valence-electron chi connectivity index (χ1n) is 8.75. The molecule has 5 heteroatoms. The molecule has 1 aromatic heterocycles. The Hall–Kier alpha value is -2.82. The number of hydrogen-bond donors (Lipinski definition) is 1. The predicted molar refractivity (Wildman–Crippen MR) is 102 cm³/mol. The number of carbonyl (C=O) groups is 1. The van der Waals surface area contributed by atoms with Crippen LogP contribution in [0.25, 0.3) is 11.0 Å². The van der Waals surface area contributed by atoms with Crippen molar-refractivity contribution in [3.05, 3.63) is 57.9 Å². The number of aromatic nitrogens is 2. The van der Waals surface area contributed by atoms with E-state index in [4.69, 9.17) is 4.74 Å². The van der Waals surface area contributed by atoms with E-state index in [1.165, 1.54) is 0 Å². The van der Waals surface area contributed by atoms with E-state index in [1.807, 2.05) is 31.5 Å². The number of imidazole rings is 1. The first kappa shape index (κ1) is 18.0. The quantitative estimate of drug-likeness (QED) is 0.742. The van der Waals surface area contributed by atoms with Crippen LogP contribution in [0, 0.1) is 20.8 Å². The number of carboxylic acid groups (broad SMARTS) is 1. The van der Waals surface area contributed by atoms with Crippen LogP contribution in [0.2, 0.25) is 0 Å². The molecule has 0 aliphatic carbocycles.